The van der Waals surface area contributed by atoms with Crippen LogP contribution < -0.4 is 4.90 Å². The number of carbonyl (C=O) groups is 2. The van der Waals surface area contributed by atoms with Gasteiger partial charge in [-0.15, -0.1) is 0 Å². The van der Waals surface area contributed by atoms with Crippen molar-refractivity contribution in [3.8, 4) is 0 Å². The summed E-state index contributed by atoms with van der Waals surface area (Å²) in [6.07, 6.45) is 4.60. The van der Waals surface area contributed by atoms with Crippen molar-refractivity contribution in [3.63, 3.8) is 0 Å². The molecular weight excluding hydrogens is 459 g/mol. The first-order chi connectivity index (χ1) is 15.6. The van der Waals surface area contributed by atoms with Crippen LogP contribution in [0.2, 0.25) is 5.02 Å². The Kier molecular flexibility index (Phi) is 6.43. The van der Waals surface area contributed by atoms with E-state index in [1.165, 1.54) is 6.08 Å². The van der Waals surface area contributed by atoms with Crippen LogP contribution in [0, 0.1) is 5.82 Å². The molecule has 0 spiro atoms. The van der Waals surface area contributed by atoms with Gasteiger partial charge < -0.3 is 4.90 Å². The lowest BCUT2D eigenvalue weighted by molar-refractivity contribution is -0.123. The van der Waals surface area contributed by atoms with E-state index in [9.17, 15) is 9.59 Å². The van der Waals surface area contributed by atoms with Gasteiger partial charge in [0, 0.05) is 28.4 Å². The molecule has 2 heterocycles. The standard InChI is InChI=1S/C26H26ClFN2O2S/c1-5-10-30-22-13-21(28)18(11-19(22)16(2)14-26(30,3)4)12-23-24(31)29(25(32)33-23)15-17-8-6-7-9-20(17)27/h6-9,11-14H,5,10,15H2,1-4H3/b23-12+. The topological polar surface area (TPSA) is 40.6 Å². The summed E-state index contributed by atoms with van der Waals surface area (Å²) in [5, 5.41) is 0.0968. The highest BCUT2D eigenvalue weighted by Gasteiger charge is 2.36. The van der Waals surface area contributed by atoms with Gasteiger partial charge in [0.15, 0.2) is 0 Å². The van der Waals surface area contributed by atoms with Gasteiger partial charge >= 0.3 is 0 Å². The van der Waals surface area contributed by atoms with Crippen molar-refractivity contribution in [1.82, 2.24) is 4.90 Å². The third-order valence-corrected chi connectivity index (χ3v) is 7.27. The molecule has 0 atom stereocenters. The van der Waals surface area contributed by atoms with Crippen LogP contribution in [0.15, 0.2) is 47.4 Å². The molecule has 2 aliphatic heterocycles. The highest BCUT2D eigenvalue weighted by Crippen LogP contribution is 2.41. The molecule has 172 valence electrons. The minimum absolute atomic E-state index is 0.0806. The van der Waals surface area contributed by atoms with Crippen LogP contribution in [0.1, 0.15) is 50.8 Å². The normalized spacial score (nSPS) is 18.7. The number of carbonyl (C=O) groups excluding carboxylic acids is 2. The molecule has 7 heteroatoms. The Morgan fingerprint density at radius 1 is 1.18 bits per heavy atom. The first kappa shape index (κ1) is 23.6. The lowest BCUT2D eigenvalue weighted by atomic mass is 9.87. The molecule has 0 N–H and O–H groups in total. The van der Waals surface area contributed by atoms with E-state index in [1.54, 1.807) is 36.4 Å². The maximum absolute atomic E-state index is 15.2. The maximum Gasteiger partial charge on any atom is 0.293 e. The van der Waals surface area contributed by atoms with E-state index in [0.29, 0.717) is 16.1 Å². The van der Waals surface area contributed by atoms with Crippen LogP contribution >= 0.6 is 23.4 Å². The van der Waals surface area contributed by atoms with Crippen molar-refractivity contribution in [2.75, 3.05) is 11.4 Å². The van der Waals surface area contributed by atoms with E-state index in [1.807, 2.05) is 6.92 Å². The molecule has 0 bridgehead atoms. The van der Waals surface area contributed by atoms with E-state index in [0.717, 1.165) is 46.5 Å². The summed E-state index contributed by atoms with van der Waals surface area (Å²) in [5.41, 5.74) is 3.60. The molecule has 2 aliphatic rings. The molecule has 2 aromatic rings. The van der Waals surface area contributed by atoms with Crippen LogP contribution in [-0.2, 0) is 11.3 Å². The van der Waals surface area contributed by atoms with Crippen molar-refractivity contribution in [1.29, 1.82) is 0 Å². The Hall–Kier alpha value is -2.57. The fourth-order valence-electron chi connectivity index (χ4n) is 4.43. The van der Waals surface area contributed by atoms with E-state index >= 15 is 4.39 Å². The summed E-state index contributed by atoms with van der Waals surface area (Å²) in [6.45, 7) is 9.25. The first-order valence-electron chi connectivity index (χ1n) is 10.9. The Bertz CT molecular complexity index is 1200. The van der Waals surface area contributed by atoms with Crippen molar-refractivity contribution in [3.05, 3.63) is 74.9 Å². The number of benzene rings is 2. The molecule has 4 rings (SSSR count). The number of amides is 2. The van der Waals surface area contributed by atoms with E-state index in [2.05, 4.69) is 31.7 Å². The minimum Gasteiger partial charge on any atom is -0.362 e. The molecule has 0 radical (unpaired) electrons. The van der Waals surface area contributed by atoms with E-state index < -0.39 is 17.0 Å². The number of thioether (sulfide) groups is 1. The smallest absolute Gasteiger partial charge is 0.293 e. The fourth-order valence-corrected chi connectivity index (χ4v) is 5.46. The van der Waals surface area contributed by atoms with E-state index in [-0.39, 0.29) is 17.0 Å². The molecule has 0 saturated carbocycles. The Balaban J connectivity index is 1.68. The third-order valence-electron chi connectivity index (χ3n) is 5.99. The second kappa shape index (κ2) is 8.99. The zero-order valence-electron chi connectivity index (χ0n) is 19.1. The second-order valence-corrected chi connectivity index (χ2v) is 10.3. The molecule has 2 amide bonds. The van der Waals surface area contributed by atoms with Gasteiger partial charge in [0.05, 0.1) is 17.0 Å². The van der Waals surface area contributed by atoms with Crippen molar-refractivity contribution in [2.24, 2.45) is 0 Å². The van der Waals surface area contributed by atoms with Crippen molar-refractivity contribution < 1.29 is 14.0 Å². The molecule has 4 nitrogen and oxygen atoms in total. The fraction of sp³-hybridized carbons (Fsp3) is 0.308. The average molecular weight is 485 g/mol. The first-order valence-corrected chi connectivity index (χ1v) is 12.1. The number of nitrogens with zero attached hydrogens (tertiary/aromatic N) is 2. The number of allylic oxidation sites excluding steroid dienone is 1. The third kappa shape index (κ3) is 4.46. The molecular formula is C26H26ClFN2O2S. The molecule has 0 aliphatic carbocycles. The number of hydrogen-bond acceptors (Lipinski definition) is 4. The van der Waals surface area contributed by atoms with Gasteiger partial charge in [0.2, 0.25) is 0 Å². The van der Waals surface area contributed by atoms with Gasteiger partial charge in [-0.2, -0.15) is 0 Å². The summed E-state index contributed by atoms with van der Waals surface area (Å²) in [4.78, 5) is 29.0. The Labute approximate surface area is 203 Å². The van der Waals surface area contributed by atoms with Crippen LogP contribution in [0.25, 0.3) is 11.6 Å². The number of anilines is 1. The number of rotatable bonds is 5. The second-order valence-electron chi connectivity index (χ2n) is 8.88. The van der Waals surface area contributed by atoms with Gasteiger partial charge in [-0.25, -0.2) is 4.39 Å². The number of imide groups is 1. The summed E-state index contributed by atoms with van der Waals surface area (Å²) >= 11 is 7.01. The van der Waals surface area contributed by atoms with Crippen molar-refractivity contribution in [2.45, 2.75) is 46.2 Å². The lowest BCUT2D eigenvalue weighted by Crippen LogP contribution is -2.45. The lowest BCUT2D eigenvalue weighted by Gasteiger charge is -2.43. The molecule has 0 unspecified atom stereocenters. The predicted octanol–water partition coefficient (Wildman–Crippen LogP) is 7.13. The van der Waals surface area contributed by atoms with Gasteiger partial charge in [-0.05, 0) is 74.4 Å². The molecule has 1 fully saturated rings. The minimum atomic E-state index is -0.442. The largest absolute Gasteiger partial charge is 0.362 e. The molecule has 0 aromatic heterocycles. The number of fused-ring (bicyclic) bond motifs is 1. The molecule has 2 aromatic carbocycles. The summed E-state index contributed by atoms with van der Waals surface area (Å²) in [7, 11) is 0. The van der Waals surface area contributed by atoms with Crippen LogP contribution in [0.4, 0.5) is 14.9 Å². The Morgan fingerprint density at radius 3 is 2.61 bits per heavy atom. The van der Waals surface area contributed by atoms with E-state index in [4.69, 9.17) is 11.6 Å². The summed E-state index contributed by atoms with van der Waals surface area (Å²) < 4.78 is 15.2. The van der Waals surface area contributed by atoms with Gasteiger partial charge in [0.1, 0.15) is 5.82 Å². The van der Waals surface area contributed by atoms with Gasteiger partial charge in [0.25, 0.3) is 11.1 Å². The summed E-state index contributed by atoms with van der Waals surface area (Å²) in [6, 6.07) is 10.4. The SMILES string of the molecule is CCCN1c2cc(F)c(/C=C3/SC(=O)N(Cc4ccccc4Cl)C3=O)cc2C(C)=CC1(C)C. The number of halogens is 2. The number of hydrogen-bond donors (Lipinski definition) is 0. The van der Waals surface area contributed by atoms with Crippen molar-refractivity contribution >= 4 is 51.8 Å². The average Bonchev–Trinajstić information content (AvgIpc) is 3.00. The van der Waals surface area contributed by atoms with Gasteiger partial charge in [-0.3, -0.25) is 14.5 Å². The van der Waals surface area contributed by atoms with Crippen LogP contribution in [0.3, 0.4) is 0 Å². The summed E-state index contributed by atoms with van der Waals surface area (Å²) in [5.74, 6) is -0.860. The van der Waals surface area contributed by atoms with Crippen LogP contribution in [-0.4, -0.2) is 28.1 Å². The quantitative estimate of drug-likeness (QED) is 0.423. The van der Waals surface area contributed by atoms with Crippen LogP contribution in [0.5, 0.6) is 0 Å². The van der Waals surface area contributed by atoms with Gasteiger partial charge in [-0.1, -0.05) is 42.8 Å². The zero-order valence-corrected chi connectivity index (χ0v) is 20.7. The molecule has 33 heavy (non-hydrogen) atoms. The molecule has 1 saturated heterocycles. The highest BCUT2D eigenvalue weighted by atomic mass is 35.5. The highest BCUT2D eigenvalue weighted by molar-refractivity contribution is 8.18. The predicted molar refractivity (Wildman–Crippen MR) is 135 cm³/mol. The monoisotopic (exact) mass is 484 g/mol. The maximum atomic E-state index is 15.2. The Morgan fingerprint density at radius 2 is 1.91 bits per heavy atom. The zero-order chi connectivity index (χ0) is 23.9.